The van der Waals surface area contributed by atoms with Crippen molar-refractivity contribution in [1.29, 1.82) is 0 Å². The molecule has 0 aromatic heterocycles. The van der Waals surface area contributed by atoms with E-state index in [1.165, 1.54) is 11.4 Å². The summed E-state index contributed by atoms with van der Waals surface area (Å²) in [4.78, 5) is 4.81. The van der Waals surface area contributed by atoms with Crippen molar-refractivity contribution < 1.29 is 14.2 Å². The van der Waals surface area contributed by atoms with Crippen LogP contribution in [0.4, 0.5) is 17.1 Å². The van der Waals surface area contributed by atoms with Gasteiger partial charge in [-0.2, -0.15) is 0 Å². The molecular formula is C22H30N4O3S. The summed E-state index contributed by atoms with van der Waals surface area (Å²) in [6, 6.07) is 16.6. The maximum atomic E-state index is 5.33. The van der Waals surface area contributed by atoms with Crippen LogP contribution >= 0.6 is 12.2 Å². The van der Waals surface area contributed by atoms with Crippen LogP contribution in [-0.4, -0.2) is 65.5 Å². The Bertz CT molecular complexity index is 789. The number of nitrogens with zero attached hydrogens (tertiary/aromatic N) is 2. The molecule has 0 aliphatic carbocycles. The van der Waals surface area contributed by atoms with Crippen LogP contribution in [0.15, 0.2) is 48.5 Å². The second-order valence-corrected chi connectivity index (χ2v) is 7.36. The summed E-state index contributed by atoms with van der Waals surface area (Å²) in [6.07, 6.45) is -0.330. The number of rotatable bonds is 8. The molecule has 0 radical (unpaired) electrons. The van der Waals surface area contributed by atoms with Crippen molar-refractivity contribution in [2.24, 2.45) is 0 Å². The van der Waals surface area contributed by atoms with Gasteiger partial charge in [0.2, 0.25) is 0 Å². The first kappa shape index (κ1) is 22.1. The Hall–Kier alpha value is -2.55. The fourth-order valence-corrected chi connectivity index (χ4v) is 3.59. The van der Waals surface area contributed by atoms with E-state index in [-0.39, 0.29) is 6.29 Å². The van der Waals surface area contributed by atoms with Crippen LogP contribution in [-0.2, 0) is 9.47 Å². The van der Waals surface area contributed by atoms with E-state index in [9.17, 15) is 0 Å². The van der Waals surface area contributed by atoms with Crippen LogP contribution in [0, 0.1) is 0 Å². The van der Waals surface area contributed by atoms with Gasteiger partial charge in [0.15, 0.2) is 11.4 Å². The highest BCUT2D eigenvalue weighted by molar-refractivity contribution is 7.80. The molecular weight excluding hydrogens is 400 g/mol. The van der Waals surface area contributed by atoms with Crippen LogP contribution in [0.1, 0.15) is 0 Å². The van der Waals surface area contributed by atoms with Crippen molar-refractivity contribution in [2.75, 3.05) is 69.2 Å². The Balaban J connectivity index is 1.47. The summed E-state index contributed by atoms with van der Waals surface area (Å²) < 4.78 is 15.5. The Labute approximate surface area is 183 Å². The predicted octanol–water partition coefficient (Wildman–Crippen LogP) is 2.93. The highest BCUT2D eigenvalue weighted by Gasteiger charge is 2.17. The van der Waals surface area contributed by atoms with Gasteiger partial charge >= 0.3 is 0 Å². The summed E-state index contributed by atoms with van der Waals surface area (Å²) in [7, 11) is 4.89. The lowest BCUT2D eigenvalue weighted by Crippen LogP contribution is -2.46. The van der Waals surface area contributed by atoms with Crippen molar-refractivity contribution in [3.8, 4) is 5.75 Å². The van der Waals surface area contributed by atoms with Gasteiger partial charge in [0.25, 0.3) is 0 Å². The molecule has 0 spiro atoms. The van der Waals surface area contributed by atoms with E-state index in [4.69, 9.17) is 26.4 Å². The molecule has 1 aliphatic rings. The van der Waals surface area contributed by atoms with E-state index >= 15 is 0 Å². The minimum atomic E-state index is -0.330. The van der Waals surface area contributed by atoms with Crippen LogP contribution in [0.2, 0.25) is 0 Å². The standard InChI is InChI=1S/C22H30N4O3S/c1-27-20-10-8-19(9-11-20)26-14-12-25(13-15-26)18-6-4-17(5-7-18)24-22(30)23-16-21(28-2)29-3/h4-11,21H,12-16H2,1-3H3,(H2,23,24,30). The maximum Gasteiger partial charge on any atom is 0.174 e. The monoisotopic (exact) mass is 430 g/mol. The number of anilines is 3. The van der Waals surface area contributed by atoms with Gasteiger partial charge in [-0.1, -0.05) is 0 Å². The van der Waals surface area contributed by atoms with E-state index < -0.39 is 0 Å². The third-order valence-corrected chi connectivity index (χ3v) is 5.41. The van der Waals surface area contributed by atoms with Crippen molar-refractivity contribution in [3.05, 3.63) is 48.5 Å². The second kappa shape index (κ2) is 11.0. The van der Waals surface area contributed by atoms with E-state index in [0.717, 1.165) is 37.6 Å². The van der Waals surface area contributed by atoms with Gasteiger partial charge in [-0.3, -0.25) is 0 Å². The third kappa shape index (κ3) is 5.98. The number of piperazine rings is 1. The third-order valence-electron chi connectivity index (χ3n) is 5.16. The molecule has 1 saturated heterocycles. The van der Waals surface area contributed by atoms with E-state index in [1.807, 2.05) is 24.3 Å². The molecule has 1 heterocycles. The fourth-order valence-electron chi connectivity index (χ4n) is 3.39. The molecule has 0 atom stereocenters. The molecule has 0 saturated carbocycles. The lowest BCUT2D eigenvalue weighted by Gasteiger charge is -2.37. The summed E-state index contributed by atoms with van der Waals surface area (Å²) in [5, 5.41) is 6.81. The minimum absolute atomic E-state index is 0.330. The van der Waals surface area contributed by atoms with Gasteiger partial charge in [0, 0.05) is 57.5 Å². The van der Waals surface area contributed by atoms with Crippen molar-refractivity contribution >= 4 is 34.4 Å². The highest BCUT2D eigenvalue weighted by atomic mass is 32.1. The molecule has 30 heavy (non-hydrogen) atoms. The van der Waals surface area contributed by atoms with Crippen molar-refractivity contribution in [1.82, 2.24) is 5.32 Å². The molecule has 2 N–H and O–H groups in total. The van der Waals surface area contributed by atoms with Crippen molar-refractivity contribution in [3.63, 3.8) is 0 Å². The largest absolute Gasteiger partial charge is 0.497 e. The number of nitrogens with one attached hydrogen (secondary N) is 2. The Kier molecular flexibility index (Phi) is 8.12. The molecule has 1 aliphatic heterocycles. The van der Waals surface area contributed by atoms with Gasteiger partial charge in [0.05, 0.1) is 13.7 Å². The van der Waals surface area contributed by atoms with Crippen LogP contribution in [0.5, 0.6) is 5.75 Å². The zero-order valence-corrected chi connectivity index (χ0v) is 18.6. The van der Waals surface area contributed by atoms with Crippen LogP contribution in [0.25, 0.3) is 0 Å². The molecule has 8 heteroatoms. The molecule has 0 amide bonds. The SMILES string of the molecule is COc1ccc(N2CCN(c3ccc(NC(=S)NCC(OC)OC)cc3)CC2)cc1. The van der Waals surface area contributed by atoms with Crippen LogP contribution < -0.4 is 25.2 Å². The second-order valence-electron chi connectivity index (χ2n) is 6.95. The normalized spacial score (nSPS) is 14.0. The zero-order chi connectivity index (χ0) is 21.3. The number of hydrogen-bond donors (Lipinski definition) is 2. The molecule has 7 nitrogen and oxygen atoms in total. The molecule has 0 unspecified atom stereocenters. The highest BCUT2D eigenvalue weighted by Crippen LogP contribution is 2.23. The fraction of sp³-hybridized carbons (Fsp3) is 0.409. The van der Waals surface area contributed by atoms with Gasteiger partial charge in [-0.05, 0) is 60.7 Å². The maximum absolute atomic E-state index is 5.33. The van der Waals surface area contributed by atoms with E-state index in [0.29, 0.717) is 11.7 Å². The van der Waals surface area contributed by atoms with Gasteiger partial charge in [-0.25, -0.2) is 0 Å². The van der Waals surface area contributed by atoms with Crippen LogP contribution in [0.3, 0.4) is 0 Å². The van der Waals surface area contributed by atoms with E-state index in [1.54, 1.807) is 21.3 Å². The quantitative estimate of drug-likeness (QED) is 0.490. The summed E-state index contributed by atoms with van der Waals surface area (Å²) in [5.41, 5.74) is 3.40. The number of methoxy groups -OCH3 is 3. The molecule has 162 valence electrons. The first-order chi connectivity index (χ1) is 14.6. The lowest BCUT2D eigenvalue weighted by molar-refractivity contribution is -0.0964. The molecule has 1 fully saturated rings. The Morgan fingerprint density at radius 3 is 1.83 bits per heavy atom. The Morgan fingerprint density at radius 1 is 0.867 bits per heavy atom. The first-order valence-electron chi connectivity index (χ1n) is 9.97. The topological polar surface area (TPSA) is 58.2 Å². The Morgan fingerprint density at radius 2 is 1.37 bits per heavy atom. The average molecular weight is 431 g/mol. The van der Waals surface area contributed by atoms with Gasteiger partial charge < -0.3 is 34.6 Å². The first-order valence-corrected chi connectivity index (χ1v) is 10.4. The summed E-state index contributed by atoms with van der Waals surface area (Å²) in [6.45, 7) is 4.42. The molecule has 2 aromatic rings. The van der Waals surface area contributed by atoms with Crippen molar-refractivity contribution in [2.45, 2.75) is 6.29 Å². The number of benzene rings is 2. The smallest absolute Gasteiger partial charge is 0.174 e. The van der Waals surface area contributed by atoms with E-state index in [2.05, 4.69) is 44.7 Å². The molecule has 2 aromatic carbocycles. The van der Waals surface area contributed by atoms with Gasteiger partial charge in [-0.15, -0.1) is 0 Å². The average Bonchev–Trinajstić information content (AvgIpc) is 2.80. The molecule has 0 bridgehead atoms. The van der Waals surface area contributed by atoms with Gasteiger partial charge in [0.1, 0.15) is 5.75 Å². The summed E-state index contributed by atoms with van der Waals surface area (Å²) >= 11 is 5.33. The predicted molar refractivity (Wildman–Crippen MR) is 126 cm³/mol. The number of hydrogen-bond acceptors (Lipinski definition) is 6. The lowest BCUT2D eigenvalue weighted by atomic mass is 10.2. The number of ether oxygens (including phenoxy) is 3. The summed E-state index contributed by atoms with van der Waals surface area (Å²) in [5.74, 6) is 0.887. The number of thiocarbonyl (C=S) groups is 1. The molecule has 3 rings (SSSR count). The zero-order valence-electron chi connectivity index (χ0n) is 17.8. The minimum Gasteiger partial charge on any atom is -0.497 e.